The molecule has 3 heterocycles. The highest BCUT2D eigenvalue weighted by Gasteiger charge is 2.18. The summed E-state index contributed by atoms with van der Waals surface area (Å²) in [6, 6.07) is 8.14. The van der Waals surface area contributed by atoms with Crippen LogP contribution in [0.2, 0.25) is 0 Å². The molecule has 0 aromatic carbocycles. The lowest BCUT2D eigenvalue weighted by molar-refractivity contribution is 0.0945. The fourth-order valence-electron chi connectivity index (χ4n) is 3.29. The molecule has 1 atom stereocenters. The topological polar surface area (TPSA) is 70.2 Å². The molecule has 0 bridgehead atoms. The maximum Gasteiger partial charge on any atom is 0.252 e. The van der Waals surface area contributed by atoms with Gasteiger partial charge in [-0.05, 0) is 56.6 Å². The maximum absolute atomic E-state index is 12.3. The zero-order valence-corrected chi connectivity index (χ0v) is 15.3. The summed E-state index contributed by atoms with van der Waals surface area (Å²) in [7, 11) is 2.17. The number of likely N-dealkylation sites (tertiary alicyclic amines) is 1. The third-order valence-corrected chi connectivity index (χ3v) is 4.91. The fraction of sp³-hybridized carbons (Fsp3) is 0.450. The predicted octanol–water partition coefficient (Wildman–Crippen LogP) is 2.69. The molecule has 0 aliphatic carbocycles. The summed E-state index contributed by atoms with van der Waals surface area (Å²) in [5.74, 6) is 0.684. The molecule has 6 heteroatoms. The summed E-state index contributed by atoms with van der Waals surface area (Å²) >= 11 is 0. The van der Waals surface area contributed by atoms with E-state index in [4.69, 9.17) is 0 Å². The van der Waals surface area contributed by atoms with Crippen molar-refractivity contribution in [1.82, 2.24) is 20.2 Å². The van der Waals surface area contributed by atoms with Gasteiger partial charge in [0.25, 0.3) is 5.91 Å². The Balaban J connectivity index is 1.43. The number of amides is 1. The maximum atomic E-state index is 12.3. The van der Waals surface area contributed by atoms with Crippen molar-refractivity contribution in [3.05, 3.63) is 54.0 Å². The number of carbonyl (C=O) groups is 1. The minimum Gasteiger partial charge on any atom is -0.366 e. The molecule has 2 N–H and O–H groups in total. The second-order valence-electron chi connectivity index (χ2n) is 6.82. The van der Waals surface area contributed by atoms with Gasteiger partial charge < -0.3 is 15.5 Å². The van der Waals surface area contributed by atoms with Crippen LogP contribution in [-0.2, 0) is 6.54 Å². The zero-order valence-electron chi connectivity index (χ0n) is 15.3. The average molecular weight is 353 g/mol. The summed E-state index contributed by atoms with van der Waals surface area (Å²) in [5.41, 5.74) is 1.68. The number of hydrogen-bond acceptors (Lipinski definition) is 5. The molecule has 0 saturated carbocycles. The number of pyridine rings is 2. The Hall–Kier alpha value is -2.47. The molecule has 1 fully saturated rings. The summed E-state index contributed by atoms with van der Waals surface area (Å²) in [6.45, 7) is 2.52. The van der Waals surface area contributed by atoms with Crippen molar-refractivity contribution in [2.24, 2.45) is 0 Å². The summed E-state index contributed by atoms with van der Waals surface area (Å²) < 4.78 is 0. The van der Waals surface area contributed by atoms with Crippen molar-refractivity contribution < 1.29 is 4.79 Å². The van der Waals surface area contributed by atoms with Crippen molar-refractivity contribution in [3.63, 3.8) is 0 Å². The Labute approximate surface area is 155 Å². The van der Waals surface area contributed by atoms with E-state index in [1.54, 1.807) is 18.5 Å². The van der Waals surface area contributed by atoms with Gasteiger partial charge in [0.15, 0.2) is 0 Å². The van der Waals surface area contributed by atoms with E-state index in [-0.39, 0.29) is 5.91 Å². The second kappa shape index (κ2) is 9.29. The van der Waals surface area contributed by atoms with Crippen molar-refractivity contribution in [2.75, 3.05) is 25.5 Å². The van der Waals surface area contributed by atoms with E-state index in [1.165, 1.54) is 19.3 Å². The molecule has 1 amide bonds. The molecule has 2 aromatic heterocycles. The third kappa shape index (κ3) is 5.26. The van der Waals surface area contributed by atoms with E-state index in [1.807, 2.05) is 24.4 Å². The fourth-order valence-corrected chi connectivity index (χ4v) is 3.29. The average Bonchev–Trinajstić information content (AvgIpc) is 2.69. The van der Waals surface area contributed by atoms with E-state index >= 15 is 0 Å². The summed E-state index contributed by atoms with van der Waals surface area (Å²) in [5, 5.41) is 6.24. The Morgan fingerprint density at radius 1 is 1.27 bits per heavy atom. The van der Waals surface area contributed by atoms with Gasteiger partial charge in [-0.25, -0.2) is 4.98 Å². The van der Waals surface area contributed by atoms with E-state index in [0.29, 0.717) is 24.7 Å². The highest BCUT2D eigenvalue weighted by atomic mass is 16.1. The van der Waals surface area contributed by atoms with Gasteiger partial charge in [-0.1, -0.05) is 12.5 Å². The van der Waals surface area contributed by atoms with Gasteiger partial charge in [0.2, 0.25) is 0 Å². The molecule has 0 unspecified atom stereocenters. The molecule has 6 nitrogen and oxygen atoms in total. The molecule has 1 aliphatic heterocycles. The number of nitrogens with zero attached hydrogens (tertiary/aromatic N) is 3. The molecule has 26 heavy (non-hydrogen) atoms. The lowest BCUT2D eigenvalue weighted by atomic mass is 10.0. The minimum absolute atomic E-state index is 0.0604. The van der Waals surface area contributed by atoms with Gasteiger partial charge >= 0.3 is 0 Å². The molecular weight excluding hydrogens is 326 g/mol. The highest BCUT2D eigenvalue weighted by molar-refractivity contribution is 5.94. The smallest absolute Gasteiger partial charge is 0.252 e. The molecule has 2 aromatic rings. The number of nitrogens with one attached hydrogen (secondary N) is 2. The first-order valence-electron chi connectivity index (χ1n) is 9.29. The molecular formula is C20H27N5O. The van der Waals surface area contributed by atoms with Crippen LogP contribution in [0.25, 0.3) is 0 Å². The Morgan fingerprint density at radius 3 is 2.92 bits per heavy atom. The van der Waals surface area contributed by atoms with Crippen LogP contribution in [0.3, 0.4) is 0 Å². The van der Waals surface area contributed by atoms with E-state index < -0.39 is 0 Å². The van der Waals surface area contributed by atoms with Crippen molar-refractivity contribution in [3.8, 4) is 0 Å². The van der Waals surface area contributed by atoms with Gasteiger partial charge in [-0.2, -0.15) is 0 Å². The normalized spacial score (nSPS) is 17.7. The largest absolute Gasteiger partial charge is 0.366 e. The van der Waals surface area contributed by atoms with Gasteiger partial charge in [0.1, 0.15) is 5.82 Å². The van der Waals surface area contributed by atoms with Gasteiger partial charge in [-0.3, -0.25) is 9.78 Å². The zero-order chi connectivity index (χ0) is 18.2. The molecule has 1 saturated heterocycles. The number of aromatic nitrogens is 2. The monoisotopic (exact) mass is 353 g/mol. The molecule has 138 valence electrons. The quantitative estimate of drug-likeness (QED) is 0.801. The third-order valence-electron chi connectivity index (χ3n) is 4.91. The van der Waals surface area contributed by atoms with E-state index in [2.05, 4.69) is 32.5 Å². The van der Waals surface area contributed by atoms with Gasteiger partial charge in [0.05, 0.1) is 5.56 Å². The number of anilines is 1. The predicted molar refractivity (Wildman–Crippen MR) is 103 cm³/mol. The lowest BCUT2D eigenvalue weighted by Crippen LogP contribution is -2.39. The summed E-state index contributed by atoms with van der Waals surface area (Å²) in [4.78, 5) is 23.1. The first-order chi connectivity index (χ1) is 12.7. The minimum atomic E-state index is -0.0604. The standard InChI is InChI=1S/C20H27N5O/c1-25-12-3-2-6-18(25)9-11-22-20(26)17-7-8-19(24-15-17)23-14-16-5-4-10-21-13-16/h4-5,7-8,10,13,15,18H,2-3,6,9,11-12,14H2,1H3,(H,22,26)(H,23,24)/t18-/m1/s1. The second-order valence-corrected chi connectivity index (χ2v) is 6.82. The van der Waals surface area contributed by atoms with Crippen LogP contribution in [0.15, 0.2) is 42.9 Å². The van der Waals surface area contributed by atoms with Crippen LogP contribution in [0.5, 0.6) is 0 Å². The van der Waals surface area contributed by atoms with Crippen LogP contribution < -0.4 is 10.6 Å². The number of hydrogen-bond donors (Lipinski definition) is 2. The van der Waals surface area contributed by atoms with Crippen LogP contribution in [0.4, 0.5) is 5.82 Å². The Kier molecular flexibility index (Phi) is 6.55. The Morgan fingerprint density at radius 2 is 2.19 bits per heavy atom. The van der Waals surface area contributed by atoms with E-state index in [9.17, 15) is 4.79 Å². The summed E-state index contributed by atoms with van der Waals surface area (Å²) in [6.07, 6.45) is 9.99. The molecule has 1 aliphatic rings. The van der Waals surface area contributed by atoms with E-state index in [0.717, 1.165) is 24.3 Å². The number of carbonyl (C=O) groups excluding carboxylic acids is 1. The number of piperidine rings is 1. The van der Waals surface area contributed by atoms with Crippen LogP contribution in [0, 0.1) is 0 Å². The first-order valence-corrected chi connectivity index (χ1v) is 9.29. The molecule has 0 spiro atoms. The van der Waals surface area contributed by atoms with Crippen molar-refractivity contribution >= 4 is 11.7 Å². The molecule has 3 rings (SSSR count). The van der Waals surface area contributed by atoms with Gasteiger partial charge in [-0.15, -0.1) is 0 Å². The van der Waals surface area contributed by atoms with Crippen molar-refractivity contribution in [2.45, 2.75) is 38.3 Å². The van der Waals surface area contributed by atoms with Crippen LogP contribution in [-0.4, -0.2) is 47.0 Å². The SMILES string of the molecule is CN1CCCC[C@@H]1CCNC(=O)c1ccc(NCc2cccnc2)nc1. The van der Waals surface area contributed by atoms with Crippen LogP contribution >= 0.6 is 0 Å². The van der Waals surface area contributed by atoms with Crippen molar-refractivity contribution in [1.29, 1.82) is 0 Å². The number of rotatable bonds is 7. The lowest BCUT2D eigenvalue weighted by Gasteiger charge is -2.32. The van der Waals surface area contributed by atoms with Crippen LogP contribution in [0.1, 0.15) is 41.6 Å². The van der Waals surface area contributed by atoms with Gasteiger partial charge in [0, 0.05) is 37.7 Å². The Bertz CT molecular complexity index is 689. The first kappa shape index (κ1) is 18.3. The molecule has 0 radical (unpaired) electrons. The highest BCUT2D eigenvalue weighted by Crippen LogP contribution is 2.17.